The third-order valence-corrected chi connectivity index (χ3v) is 4.38. The zero-order valence-electron chi connectivity index (χ0n) is 12.1. The van der Waals surface area contributed by atoms with E-state index < -0.39 is 0 Å². The predicted molar refractivity (Wildman–Crippen MR) is 84.0 cm³/mol. The van der Waals surface area contributed by atoms with Gasteiger partial charge in [0.25, 0.3) is 0 Å². The van der Waals surface area contributed by atoms with Gasteiger partial charge in [-0.25, -0.2) is 0 Å². The largest absolute Gasteiger partial charge is 0.497 e. The summed E-state index contributed by atoms with van der Waals surface area (Å²) in [5.74, 6) is 0.868. The van der Waals surface area contributed by atoms with Crippen LogP contribution < -0.4 is 10.5 Å². The van der Waals surface area contributed by atoms with Gasteiger partial charge >= 0.3 is 0 Å². The molecule has 2 rings (SSSR count). The van der Waals surface area contributed by atoms with Gasteiger partial charge in [-0.05, 0) is 47.0 Å². The highest BCUT2D eigenvalue weighted by atomic mass is 79.9. The van der Waals surface area contributed by atoms with E-state index in [0.29, 0.717) is 0 Å². The molecule has 0 saturated carbocycles. The maximum Gasteiger partial charge on any atom is 0.119 e. The van der Waals surface area contributed by atoms with Crippen LogP contribution in [0.2, 0.25) is 0 Å². The highest BCUT2D eigenvalue weighted by Crippen LogP contribution is 2.22. The van der Waals surface area contributed by atoms with Crippen LogP contribution in [0, 0.1) is 6.92 Å². The third kappa shape index (κ3) is 3.41. The molecule has 0 aliphatic heterocycles. The van der Waals surface area contributed by atoms with Crippen molar-refractivity contribution in [1.82, 2.24) is 9.78 Å². The highest BCUT2D eigenvalue weighted by Gasteiger charge is 2.14. The topological polar surface area (TPSA) is 53.1 Å². The van der Waals surface area contributed by atoms with Gasteiger partial charge in [-0.1, -0.05) is 12.1 Å². The van der Waals surface area contributed by atoms with Gasteiger partial charge in [0.15, 0.2) is 0 Å². The summed E-state index contributed by atoms with van der Waals surface area (Å²) < 4.78 is 8.18. The number of methoxy groups -OCH3 is 1. The molecule has 5 heteroatoms. The van der Waals surface area contributed by atoms with Gasteiger partial charge in [0.2, 0.25) is 0 Å². The SMILES string of the molecule is COc1cccc(CC(N)Cc2c(Br)c(C)nn2C)c1. The fourth-order valence-electron chi connectivity index (χ4n) is 2.32. The van der Waals surface area contributed by atoms with Crippen LogP contribution in [0.5, 0.6) is 5.75 Å². The first-order valence-electron chi connectivity index (χ1n) is 6.57. The molecule has 1 aromatic heterocycles. The average molecular weight is 338 g/mol. The lowest BCUT2D eigenvalue weighted by atomic mass is 10.0. The van der Waals surface area contributed by atoms with Gasteiger partial charge in [-0.3, -0.25) is 4.68 Å². The molecule has 1 aromatic carbocycles. The van der Waals surface area contributed by atoms with Gasteiger partial charge in [-0.2, -0.15) is 5.10 Å². The summed E-state index contributed by atoms with van der Waals surface area (Å²) in [6.45, 7) is 1.99. The molecule has 0 bridgehead atoms. The van der Waals surface area contributed by atoms with E-state index in [-0.39, 0.29) is 6.04 Å². The van der Waals surface area contributed by atoms with Gasteiger partial charge in [0, 0.05) is 19.5 Å². The Morgan fingerprint density at radius 3 is 2.75 bits per heavy atom. The van der Waals surface area contributed by atoms with Crippen molar-refractivity contribution < 1.29 is 4.74 Å². The molecule has 4 nitrogen and oxygen atoms in total. The summed E-state index contributed by atoms with van der Waals surface area (Å²) in [4.78, 5) is 0. The molecular formula is C15H20BrN3O. The second-order valence-corrected chi connectivity index (χ2v) is 5.78. The Kier molecular flexibility index (Phi) is 4.83. The number of benzene rings is 1. The van der Waals surface area contributed by atoms with E-state index in [4.69, 9.17) is 10.5 Å². The van der Waals surface area contributed by atoms with E-state index in [0.717, 1.165) is 34.5 Å². The molecular weight excluding hydrogens is 318 g/mol. The zero-order valence-corrected chi connectivity index (χ0v) is 13.6. The molecule has 0 amide bonds. The smallest absolute Gasteiger partial charge is 0.119 e. The van der Waals surface area contributed by atoms with Gasteiger partial charge < -0.3 is 10.5 Å². The lowest BCUT2D eigenvalue weighted by molar-refractivity contribution is 0.414. The molecule has 2 N–H and O–H groups in total. The van der Waals surface area contributed by atoms with Crippen molar-refractivity contribution in [2.75, 3.05) is 7.11 Å². The third-order valence-electron chi connectivity index (χ3n) is 3.35. The van der Waals surface area contributed by atoms with E-state index in [1.165, 1.54) is 5.56 Å². The number of aryl methyl sites for hydroxylation is 2. The molecule has 2 aromatic rings. The van der Waals surface area contributed by atoms with Gasteiger partial charge in [-0.15, -0.1) is 0 Å². The van der Waals surface area contributed by atoms with Crippen LogP contribution in [0.4, 0.5) is 0 Å². The minimum Gasteiger partial charge on any atom is -0.497 e. The van der Waals surface area contributed by atoms with E-state index in [1.807, 2.05) is 36.9 Å². The lowest BCUT2D eigenvalue weighted by Gasteiger charge is -2.13. The summed E-state index contributed by atoms with van der Waals surface area (Å²) in [7, 11) is 3.62. The number of nitrogens with two attached hydrogens (primary N) is 1. The number of ether oxygens (including phenoxy) is 1. The van der Waals surface area contributed by atoms with Crippen molar-refractivity contribution in [3.63, 3.8) is 0 Å². The Hall–Kier alpha value is -1.33. The molecule has 0 spiro atoms. The summed E-state index contributed by atoms with van der Waals surface area (Å²) in [6.07, 6.45) is 1.60. The van der Waals surface area contributed by atoms with Crippen molar-refractivity contribution >= 4 is 15.9 Å². The minimum absolute atomic E-state index is 0.0493. The Bertz CT molecular complexity index is 595. The first-order valence-corrected chi connectivity index (χ1v) is 7.37. The van der Waals surface area contributed by atoms with Crippen molar-refractivity contribution in [2.24, 2.45) is 12.8 Å². The molecule has 1 atom stereocenters. The quantitative estimate of drug-likeness (QED) is 0.912. The maximum absolute atomic E-state index is 6.27. The normalized spacial score (nSPS) is 12.4. The van der Waals surface area contributed by atoms with Crippen LogP contribution >= 0.6 is 15.9 Å². The van der Waals surface area contributed by atoms with E-state index in [1.54, 1.807) is 7.11 Å². The number of hydrogen-bond donors (Lipinski definition) is 1. The lowest BCUT2D eigenvalue weighted by Crippen LogP contribution is -2.26. The number of hydrogen-bond acceptors (Lipinski definition) is 3. The summed E-state index contributed by atoms with van der Waals surface area (Å²) in [6, 6.07) is 8.09. The summed E-state index contributed by atoms with van der Waals surface area (Å²) >= 11 is 3.58. The summed E-state index contributed by atoms with van der Waals surface area (Å²) in [5.41, 5.74) is 9.59. The van der Waals surface area contributed by atoms with Gasteiger partial charge in [0.05, 0.1) is 23.0 Å². The van der Waals surface area contributed by atoms with Crippen LogP contribution in [0.15, 0.2) is 28.7 Å². The van der Waals surface area contributed by atoms with E-state index >= 15 is 0 Å². The van der Waals surface area contributed by atoms with Crippen LogP contribution in [-0.4, -0.2) is 22.9 Å². The van der Waals surface area contributed by atoms with E-state index in [2.05, 4.69) is 27.1 Å². The van der Waals surface area contributed by atoms with E-state index in [9.17, 15) is 0 Å². The molecule has 0 aliphatic carbocycles. The Labute approximate surface area is 128 Å². The zero-order chi connectivity index (χ0) is 14.7. The second-order valence-electron chi connectivity index (χ2n) is 4.99. The summed E-state index contributed by atoms with van der Waals surface area (Å²) in [5, 5.41) is 4.39. The Morgan fingerprint density at radius 2 is 2.15 bits per heavy atom. The molecule has 1 heterocycles. The number of rotatable bonds is 5. The van der Waals surface area contributed by atoms with Crippen LogP contribution in [-0.2, 0) is 19.9 Å². The fraction of sp³-hybridized carbons (Fsp3) is 0.400. The first-order chi connectivity index (χ1) is 9.51. The molecule has 1 unspecified atom stereocenters. The fourth-order valence-corrected chi connectivity index (χ4v) is 2.82. The Morgan fingerprint density at radius 1 is 1.40 bits per heavy atom. The monoisotopic (exact) mass is 337 g/mol. The molecule has 108 valence electrons. The predicted octanol–water partition coefficient (Wildman–Crippen LogP) is 2.61. The number of halogens is 1. The van der Waals surface area contributed by atoms with Crippen LogP contribution in [0.25, 0.3) is 0 Å². The minimum atomic E-state index is 0.0493. The molecule has 0 aliphatic rings. The van der Waals surface area contributed by atoms with Crippen molar-refractivity contribution in [2.45, 2.75) is 25.8 Å². The molecule has 20 heavy (non-hydrogen) atoms. The van der Waals surface area contributed by atoms with Crippen molar-refractivity contribution in [3.8, 4) is 5.75 Å². The average Bonchev–Trinajstić information content (AvgIpc) is 2.65. The second kappa shape index (κ2) is 6.41. The highest BCUT2D eigenvalue weighted by molar-refractivity contribution is 9.10. The standard InChI is InChI=1S/C15H20BrN3O/c1-10-15(16)14(19(2)18-10)9-12(17)7-11-5-4-6-13(8-11)20-3/h4-6,8,12H,7,9,17H2,1-3H3. The van der Waals surface area contributed by atoms with Crippen molar-refractivity contribution in [3.05, 3.63) is 45.7 Å². The van der Waals surface area contributed by atoms with Crippen molar-refractivity contribution in [1.29, 1.82) is 0 Å². The maximum atomic E-state index is 6.27. The van der Waals surface area contributed by atoms with Crippen LogP contribution in [0.1, 0.15) is 17.0 Å². The van der Waals surface area contributed by atoms with Crippen LogP contribution in [0.3, 0.4) is 0 Å². The molecule has 0 fully saturated rings. The molecule has 0 saturated heterocycles. The number of aromatic nitrogens is 2. The number of nitrogens with zero attached hydrogens (tertiary/aromatic N) is 2. The van der Waals surface area contributed by atoms with Gasteiger partial charge in [0.1, 0.15) is 5.75 Å². The first kappa shape index (κ1) is 15.1. The molecule has 0 radical (unpaired) electrons. The Balaban J connectivity index is 2.06.